The van der Waals surface area contributed by atoms with Crippen LogP contribution in [0.1, 0.15) is 16.8 Å². The van der Waals surface area contributed by atoms with E-state index < -0.39 is 18.1 Å². The summed E-state index contributed by atoms with van der Waals surface area (Å²) in [4.78, 5) is 11.1. The molecule has 3 rings (SSSR count). The van der Waals surface area contributed by atoms with Gasteiger partial charge in [0.1, 0.15) is 5.75 Å². The van der Waals surface area contributed by atoms with Crippen LogP contribution >= 0.6 is 11.6 Å². The predicted octanol–water partition coefficient (Wildman–Crippen LogP) is 4.57. The van der Waals surface area contributed by atoms with Crippen molar-refractivity contribution in [3.8, 4) is 5.75 Å². The molecular formula is C18H14ClF3N2O3. The molecule has 1 heterocycles. The highest BCUT2D eigenvalue weighted by atomic mass is 35.5. The standard InChI is InChI=1S/C18H14ClF3N2O3/c1-10-6-12(19)3-2-11(10)9-24-16-7-13(27-18(20,21)22)4-5-14(16)15(23-24)8-17(25)26/h2-7H,8-9H2,1H3,(H,25,26). The molecule has 0 bridgehead atoms. The molecule has 0 saturated heterocycles. The summed E-state index contributed by atoms with van der Waals surface area (Å²) in [5.41, 5.74) is 2.35. The monoisotopic (exact) mass is 398 g/mol. The molecule has 0 aliphatic carbocycles. The summed E-state index contributed by atoms with van der Waals surface area (Å²) in [6.07, 6.45) is -5.17. The number of nitrogens with zero attached hydrogens (tertiary/aromatic N) is 2. The number of rotatable bonds is 5. The minimum Gasteiger partial charge on any atom is -0.481 e. The smallest absolute Gasteiger partial charge is 0.481 e. The zero-order chi connectivity index (χ0) is 19.8. The molecule has 9 heteroatoms. The van der Waals surface area contributed by atoms with E-state index >= 15 is 0 Å². The Kier molecular flexibility index (Phi) is 5.01. The van der Waals surface area contributed by atoms with Gasteiger partial charge >= 0.3 is 12.3 Å². The van der Waals surface area contributed by atoms with Crippen LogP contribution in [0.4, 0.5) is 13.2 Å². The lowest BCUT2D eigenvalue weighted by Crippen LogP contribution is -2.17. The number of aryl methyl sites for hydroxylation is 1. The van der Waals surface area contributed by atoms with Crippen LogP contribution in [0.3, 0.4) is 0 Å². The first-order chi connectivity index (χ1) is 12.6. The highest BCUT2D eigenvalue weighted by Crippen LogP contribution is 2.29. The molecule has 0 spiro atoms. The number of hydrogen-bond donors (Lipinski definition) is 1. The topological polar surface area (TPSA) is 64.4 Å². The lowest BCUT2D eigenvalue weighted by molar-refractivity contribution is -0.274. The fraction of sp³-hybridized carbons (Fsp3) is 0.222. The molecule has 5 nitrogen and oxygen atoms in total. The van der Waals surface area contributed by atoms with Gasteiger partial charge in [-0.15, -0.1) is 13.2 Å². The van der Waals surface area contributed by atoms with Crippen molar-refractivity contribution in [1.82, 2.24) is 9.78 Å². The van der Waals surface area contributed by atoms with Crippen molar-refractivity contribution in [1.29, 1.82) is 0 Å². The third-order valence-corrected chi connectivity index (χ3v) is 4.21. The third-order valence-electron chi connectivity index (χ3n) is 3.98. The summed E-state index contributed by atoms with van der Waals surface area (Å²) in [5, 5.41) is 14.4. The number of carboxylic acid groups (broad SMARTS) is 1. The summed E-state index contributed by atoms with van der Waals surface area (Å²) in [6.45, 7) is 2.10. The molecule has 3 aromatic rings. The Morgan fingerprint density at radius 2 is 2.00 bits per heavy atom. The molecule has 1 N–H and O–H groups in total. The van der Waals surface area contributed by atoms with Gasteiger partial charge in [0.25, 0.3) is 0 Å². The first-order valence-corrected chi connectivity index (χ1v) is 8.22. The van der Waals surface area contributed by atoms with Crippen LogP contribution < -0.4 is 4.74 Å². The van der Waals surface area contributed by atoms with Crippen molar-refractivity contribution in [3.05, 3.63) is 58.2 Å². The van der Waals surface area contributed by atoms with E-state index in [0.29, 0.717) is 15.9 Å². The number of alkyl halides is 3. The minimum atomic E-state index is -4.82. The normalized spacial score (nSPS) is 11.7. The van der Waals surface area contributed by atoms with Crippen molar-refractivity contribution in [2.45, 2.75) is 26.3 Å². The van der Waals surface area contributed by atoms with Crippen molar-refractivity contribution >= 4 is 28.5 Å². The quantitative estimate of drug-likeness (QED) is 0.683. The van der Waals surface area contributed by atoms with Crippen molar-refractivity contribution in [3.63, 3.8) is 0 Å². The van der Waals surface area contributed by atoms with Gasteiger partial charge in [0.05, 0.1) is 24.2 Å². The molecule has 0 aliphatic heterocycles. The number of ether oxygens (including phenoxy) is 1. The van der Waals surface area contributed by atoms with E-state index in [9.17, 15) is 18.0 Å². The molecule has 0 saturated carbocycles. The van der Waals surface area contributed by atoms with Crippen LogP contribution in [-0.2, 0) is 17.8 Å². The Balaban J connectivity index is 2.08. The maximum atomic E-state index is 12.5. The number of aliphatic carboxylic acids is 1. The van der Waals surface area contributed by atoms with Crippen LogP contribution in [0.25, 0.3) is 10.9 Å². The summed E-state index contributed by atoms with van der Waals surface area (Å²) < 4.78 is 43.0. The lowest BCUT2D eigenvalue weighted by atomic mass is 10.1. The molecule has 0 aliphatic rings. The van der Waals surface area contributed by atoms with Crippen molar-refractivity contribution in [2.75, 3.05) is 0 Å². The van der Waals surface area contributed by atoms with E-state index in [4.69, 9.17) is 16.7 Å². The highest BCUT2D eigenvalue weighted by molar-refractivity contribution is 6.30. The Morgan fingerprint density at radius 3 is 2.63 bits per heavy atom. The number of carbonyl (C=O) groups is 1. The van der Waals surface area contributed by atoms with Gasteiger partial charge in [0, 0.05) is 16.5 Å². The van der Waals surface area contributed by atoms with E-state index in [0.717, 1.165) is 17.2 Å². The van der Waals surface area contributed by atoms with Gasteiger partial charge in [-0.2, -0.15) is 5.10 Å². The molecule has 2 aromatic carbocycles. The second kappa shape index (κ2) is 7.11. The minimum absolute atomic E-state index is 0.245. The highest BCUT2D eigenvalue weighted by Gasteiger charge is 2.31. The largest absolute Gasteiger partial charge is 0.573 e. The van der Waals surface area contributed by atoms with Crippen LogP contribution in [0.15, 0.2) is 36.4 Å². The Hall–Kier alpha value is -2.74. The fourth-order valence-corrected chi connectivity index (χ4v) is 3.04. The summed E-state index contributed by atoms with van der Waals surface area (Å²) in [7, 11) is 0. The maximum absolute atomic E-state index is 12.5. The Labute approximate surface area is 156 Å². The molecule has 142 valence electrons. The average Bonchev–Trinajstić information content (AvgIpc) is 2.85. The fourth-order valence-electron chi connectivity index (χ4n) is 2.81. The molecule has 0 fully saturated rings. The number of aromatic nitrogens is 2. The second-order valence-corrected chi connectivity index (χ2v) is 6.41. The van der Waals surface area contributed by atoms with Crippen LogP contribution in [0.2, 0.25) is 5.02 Å². The van der Waals surface area contributed by atoms with Gasteiger partial charge < -0.3 is 9.84 Å². The lowest BCUT2D eigenvalue weighted by Gasteiger charge is -2.10. The molecule has 0 unspecified atom stereocenters. The maximum Gasteiger partial charge on any atom is 0.573 e. The van der Waals surface area contributed by atoms with Gasteiger partial charge in [-0.05, 0) is 42.3 Å². The number of benzene rings is 2. The molecule has 27 heavy (non-hydrogen) atoms. The Bertz CT molecular complexity index is 1010. The van der Waals surface area contributed by atoms with Gasteiger partial charge in [-0.3, -0.25) is 9.48 Å². The van der Waals surface area contributed by atoms with E-state index in [1.54, 1.807) is 18.2 Å². The Morgan fingerprint density at radius 1 is 1.26 bits per heavy atom. The van der Waals surface area contributed by atoms with Crippen LogP contribution in [0.5, 0.6) is 5.75 Å². The van der Waals surface area contributed by atoms with Crippen LogP contribution in [-0.4, -0.2) is 27.2 Å². The second-order valence-electron chi connectivity index (χ2n) is 5.97. The van der Waals surface area contributed by atoms with E-state index in [1.165, 1.54) is 16.8 Å². The van der Waals surface area contributed by atoms with E-state index in [2.05, 4.69) is 9.84 Å². The number of halogens is 4. The predicted molar refractivity (Wildman–Crippen MR) is 93.0 cm³/mol. The van der Waals surface area contributed by atoms with Crippen molar-refractivity contribution < 1.29 is 27.8 Å². The first-order valence-electron chi connectivity index (χ1n) is 7.84. The average molecular weight is 399 g/mol. The third kappa shape index (κ3) is 4.51. The summed E-state index contributed by atoms with van der Waals surface area (Å²) in [5.74, 6) is -1.48. The van der Waals surface area contributed by atoms with Gasteiger partial charge in [0.2, 0.25) is 0 Å². The van der Waals surface area contributed by atoms with Gasteiger partial charge in [0.15, 0.2) is 0 Å². The molecule has 0 atom stereocenters. The van der Waals surface area contributed by atoms with E-state index in [1.807, 2.05) is 6.92 Å². The first kappa shape index (κ1) is 19.0. The molecular weight excluding hydrogens is 385 g/mol. The van der Waals surface area contributed by atoms with Crippen LogP contribution in [0, 0.1) is 6.92 Å². The molecule has 0 radical (unpaired) electrons. The zero-order valence-electron chi connectivity index (χ0n) is 14.0. The van der Waals surface area contributed by atoms with E-state index in [-0.39, 0.29) is 18.7 Å². The number of fused-ring (bicyclic) bond motifs is 1. The summed E-state index contributed by atoms with van der Waals surface area (Å²) >= 11 is 5.95. The SMILES string of the molecule is Cc1cc(Cl)ccc1Cn1nc(CC(=O)O)c2ccc(OC(F)(F)F)cc21. The zero-order valence-corrected chi connectivity index (χ0v) is 14.8. The molecule has 1 aromatic heterocycles. The van der Waals surface area contributed by atoms with Gasteiger partial charge in [-0.25, -0.2) is 0 Å². The number of carboxylic acids is 1. The van der Waals surface area contributed by atoms with Gasteiger partial charge in [-0.1, -0.05) is 17.7 Å². The molecule has 0 amide bonds. The van der Waals surface area contributed by atoms with Crippen molar-refractivity contribution in [2.24, 2.45) is 0 Å². The number of hydrogen-bond acceptors (Lipinski definition) is 3. The summed E-state index contributed by atoms with van der Waals surface area (Å²) in [6, 6.07) is 8.98.